The number of rotatable bonds is 2. The number of hydrogen-bond acceptors (Lipinski definition) is 1. The van der Waals surface area contributed by atoms with E-state index in [2.05, 4.69) is 71.3 Å². The highest BCUT2D eigenvalue weighted by Gasteiger charge is 2.09. The maximum absolute atomic E-state index is 4.68. The number of para-hydroxylation sites is 1. The fourth-order valence-corrected chi connectivity index (χ4v) is 3.02. The smallest absolute Gasteiger partial charge is 0.0900 e. The Labute approximate surface area is 123 Å². The molecule has 21 heavy (non-hydrogen) atoms. The Morgan fingerprint density at radius 1 is 1.00 bits per heavy atom. The molecule has 0 spiro atoms. The quantitative estimate of drug-likeness (QED) is 0.544. The van der Waals surface area contributed by atoms with Gasteiger partial charge in [-0.15, -0.1) is 0 Å². The second kappa shape index (κ2) is 4.48. The van der Waals surface area contributed by atoms with Crippen LogP contribution >= 0.6 is 0 Å². The summed E-state index contributed by atoms with van der Waals surface area (Å²) in [5, 5.41) is 7.20. The molecule has 0 bridgehead atoms. The summed E-state index contributed by atoms with van der Waals surface area (Å²) in [5.41, 5.74) is 4.85. The summed E-state index contributed by atoms with van der Waals surface area (Å²) >= 11 is 0. The molecular weight excluding hydrogens is 258 g/mol. The van der Waals surface area contributed by atoms with Gasteiger partial charge in [0.2, 0.25) is 0 Å². The largest absolute Gasteiger partial charge is 0.341 e. The molecule has 0 aliphatic heterocycles. The number of hydrogen-bond donors (Lipinski definition) is 0. The first-order valence-electron chi connectivity index (χ1n) is 7.18. The third kappa shape index (κ3) is 1.93. The maximum Gasteiger partial charge on any atom is 0.0900 e. The molecule has 0 atom stereocenters. The van der Waals surface area contributed by atoms with Crippen molar-refractivity contribution in [1.29, 1.82) is 0 Å². The van der Waals surface area contributed by atoms with Crippen LogP contribution in [0, 0.1) is 6.92 Å². The molecule has 2 heterocycles. The van der Waals surface area contributed by atoms with Crippen LogP contribution in [-0.2, 0) is 13.6 Å². The molecule has 0 N–H and O–H groups in total. The Hall–Kier alpha value is -2.55. The van der Waals surface area contributed by atoms with Crippen molar-refractivity contribution in [1.82, 2.24) is 14.3 Å². The Kier molecular flexibility index (Phi) is 2.61. The van der Waals surface area contributed by atoms with Gasteiger partial charge >= 0.3 is 0 Å². The van der Waals surface area contributed by atoms with Gasteiger partial charge in [-0.2, -0.15) is 5.10 Å². The lowest BCUT2D eigenvalue weighted by atomic mass is 10.2. The van der Waals surface area contributed by atoms with Crippen molar-refractivity contribution >= 4 is 21.8 Å². The van der Waals surface area contributed by atoms with Crippen LogP contribution in [0.25, 0.3) is 21.8 Å². The van der Waals surface area contributed by atoms with Gasteiger partial charge in [-0.25, -0.2) is 0 Å². The third-order valence-corrected chi connectivity index (χ3v) is 4.08. The van der Waals surface area contributed by atoms with E-state index in [-0.39, 0.29) is 0 Å². The van der Waals surface area contributed by atoms with Crippen molar-refractivity contribution in [3.63, 3.8) is 0 Å². The van der Waals surface area contributed by atoms with Gasteiger partial charge in [0, 0.05) is 24.1 Å². The zero-order chi connectivity index (χ0) is 14.4. The van der Waals surface area contributed by atoms with Crippen LogP contribution < -0.4 is 0 Å². The average molecular weight is 275 g/mol. The van der Waals surface area contributed by atoms with Gasteiger partial charge in [0.15, 0.2) is 0 Å². The summed E-state index contributed by atoms with van der Waals surface area (Å²) in [7, 11) is 2.00. The van der Waals surface area contributed by atoms with Crippen molar-refractivity contribution in [2.75, 3.05) is 0 Å². The van der Waals surface area contributed by atoms with Crippen LogP contribution in [0.1, 0.15) is 11.3 Å². The van der Waals surface area contributed by atoms with Crippen LogP contribution in [0.2, 0.25) is 0 Å². The molecule has 0 unspecified atom stereocenters. The summed E-state index contributed by atoms with van der Waals surface area (Å²) < 4.78 is 4.23. The molecule has 3 nitrogen and oxygen atoms in total. The van der Waals surface area contributed by atoms with E-state index in [1.807, 2.05) is 11.7 Å². The summed E-state index contributed by atoms with van der Waals surface area (Å²) in [6.45, 7) is 2.93. The zero-order valence-corrected chi connectivity index (χ0v) is 12.2. The summed E-state index contributed by atoms with van der Waals surface area (Å²) in [4.78, 5) is 0. The Bertz CT molecular complexity index is 944. The summed E-state index contributed by atoms with van der Waals surface area (Å²) in [6.07, 6.45) is 2.15. The summed E-state index contributed by atoms with van der Waals surface area (Å²) in [6, 6.07) is 17.1. The first kappa shape index (κ1) is 12.2. The van der Waals surface area contributed by atoms with E-state index in [9.17, 15) is 0 Å². The minimum Gasteiger partial charge on any atom is -0.341 e. The number of aromatic nitrogens is 3. The van der Waals surface area contributed by atoms with Crippen molar-refractivity contribution in [3.8, 4) is 0 Å². The van der Waals surface area contributed by atoms with Gasteiger partial charge in [-0.3, -0.25) is 4.68 Å². The molecule has 0 aliphatic rings. The molecule has 4 aromatic rings. The predicted octanol–water partition coefficient (Wildman–Crippen LogP) is 3.88. The molecule has 0 fully saturated rings. The first-order valence-corrected chi connectivity index (χ1v) is 7.18. The minimum absolute atomic E-state index is 0.800. The normalized spacial score (nSPS) is 11.5. The minimum atomic E-state index is 0.800. The van der Waals surface area contributed by atoms with E-state index >= 15 is 0 Å². The van der Waals surface area contributed by atoms with E-state index in [1.165, 1.54) is 27.4 Å². The second-order valence-corrected chi connectivity index (χ2v) is 5.59. The molecule has 2 aromatic heterocycles. The molecule has 0 saturated heterocycles. The van der Waals surface area contributed by atoms with Crippen molar-refractivity contribution in [2.45, 2.75) is 13.5 Å². The molecular formula is C18H17N3. The molecule has 0 radical (unpaired) electrons. The van der Waals surface area contributed by atoms with Crippen molar-refractivity contribution in [2.24, 2.45) is 7.05 Å². The first-order chi connectivity index (χ1) is 10.2. The Morgan fingerprint density at radius 2 is 1.86 bits per heavy atom. The van der Waals surface area contributed by atoms with E-state index in [1.54, 1.807) is 0 Å². The zero-order valence-electron chi connectivity index (χ0n) is 12.2. The number of fused-ring (bicyclic) bond motifs is 2. The lowest BCUT2D eigenvalue weighted by Gasteiger charge is -2.04. The fourth-order valence-electron chi connectivity index (χ4n) is 3.02. The van der Waals surface area contributed by atoms with Crippen molar-refractivity contribution in [3.05, 3.63) is 66.0 Å². The molecule has 104 valence electrons. The van der Waals surface area contributed by atoms with E-state index in [0.29, 0.717) is 0 Å². The molecule has 2 aromatic carbocycles. The topological polar surface area (TPSA) is 22.8 Å². The van der Waals surface area contributed by atoms with Gasteiger partial charge in [0.1, 0.15) is 0 Å². The highest BCUT2D eigenvalue weighted by atomic mass is 15.3. The predicted molar refractivity (Wildman–Crippen MR) is 86.5 cm³/mol. The van der Waals surface area contributed by atoms with Gasteiger partial charge in [-0.1, -0.05) is 29.8 Å². The van der Waals surface area contributed by atoms with Crippen LogP contribution in [0.4, 0.5) is 0 Å². The fraction of sp³-hybridized carbons (Fsp3) is 0.167. The van der Waals surface area contributed by atoms with Crippen LogP contribution in [0.15, 0.2) is 54.7 Å². The Morgan fingerprint density at radius 3 is 2.76 bits per heavy atom. The van der Waals surface area contributed by atoms with Gasteiger partial charge in [-0.05, 0) is 36.6 Å². The van der Waals surface area contributed by atoms with Crippen LogP contribution in [0.3, 0.4) is 0 Å². The van der Waals surface area contributed by atoms with Gasteiger partial charge in [0.25, 0.3) is 0 Å². The highest BCUT2D eigenvalue weighted by molar-refractivity contribution is 5.83. The Balaban J connectivity index is 1.83. The lowest BCUT2D eigenvalue weighted by Crippen LogP contribution is -2.00. The number of nitrogens with zero attached hydrogens (tertiary/aromatic N) is 3. The molecule has 0 aliphatic carbocycles. The summed E-state index contributed by atoms with van der Waals surface area (Å²) in [5.74, 6) is 0. The molecule has 3 heteroatoms. The van der Waals surface area contributed by atoms with Crippen LogP contribution in [-0.4, -0.2) is 14.3 Å². The standard InChI is InChI=1S/C18H17N3/c1-13-7-8-17-14(11-13)9-10-21(17)12-16-15-5-3-4-6-18(15)20(2)19-16/h3-11H,12H2,1-2H3. The molecule has 0 saturated carbocycles. The van der Waals surface area contributed by atoms with Crippen molar-refractivity contribution < 1.29 is 0 Å². The SMILES string of the molecule is Cc1ccc2c(ccn2Cc2nn(C)c3ccccc23)c1. The highest BCUT2D eigenvalue weighted by Crippen LogP contribution is 2.22. The number of aryl methyl sites for hydroxylation is 2. The monoisotopic (exact) mass is 275 g/mol. The van der Waals surface area contributed by atoms with Crippen LogP contribution in [0.5, 0.6) is 0 Å². The van der Waals surface area contributed by atoms with Gasteiger partial charge < -0.3 is 4.57 Å². The maximum atomic E-state index is 4.68. The lowest BCUT2D eigenvalue weighted by molar-refractivity contribution is 0.732. The van der Waals surface area contributed by atoms with E-state index in [4.69, 9.17) is 0 Å². The molecule has 0 amide bonds. The third-order valence-electron chi connectivity index (χ3n) is 4.08. The number of benzene rings is 2. The average Bonchev–Trinajstić information content (AvgIpc) is 3.02. The second-order valence-electron chi connectivity index (χ2n) is 5.59. The van der Waals surface area contributed by atoms with Gasteiger partial charge in [0.05, 0.1) is 17.8 Å². The van der Waals surface area contributed by atoms with E-state index < -0.39 is 0 Å². The molecule has 4 rings (SSSR count). The van der Waals surface area contributed by atoms with E-state index in [0.717, 1.165) is 12.2 Å².